The minimum absolute atomic E-state index is 0.566. The van der Waals surface area contributed by atoms with Gasteiger partial charge in [0.25, 0.3) is 0 Å². The van der Waals surface area contributed by atoms with Crippen LogP contribution >= 0.6 is 0 Å². The predicted molar refractivity (Wildman–Crippen MR) is 106 cm³/mol. The van der Waals surface area contributed by atoms with Gasteiger partial charge < -0.3 is 9.80 Å². The summed E-state index contributed by atoms with van der Waals surface area (Å²) < 4.78 is 0. The molecule has 27 heavy (non-hydrogen) atoms. The molecule has 6 heteroatoms. The van der Waals surface area contributed by atoms with E-state index in [1.54, 1.807) is 12.7 Å². The standard InChI is InChI=1S/C21H28N6/c1-15-11-21(25-13-22-15)27(17-5-6-17)18-7-9-26(10-8-18)20-12-19(23-14-24-20)16-3-2-4-16/h11-14,16-18H,2-10H2,1H3. The fourth-order valence-corrected chi connectivity index (χ4v) is 4.44. The molecule has 5 rings (SSSR count). The highest BCUT2D eigenvalue weighted by Crippen LogP contribution is 2.37. The summed E-state index contributed by atoms with van der Waals surface area (Å²) in [5.74, 6) is 2.88. The van der Waals surface area contributed by atoms with Gasteiger partial charge in [-0.15, -0.1) is 0 Å². The number of hydrogen-bond donors (Lipinski definition) is 0. The smallest absolute Gasteiger partial charge is 0.132 e. The van der Waals surface area contributed by atoms with Crippen LogP contribution in [0.2, 0.25) is 0 Å². The van der Waals surface area contributed by atoms with Crippen LogP contribution in [-0.2, 0) is 0 Å². The summed E-state index contributed by atoms with van der Waals surface area (Å²) in [6, 6.07) is 5.60. The zero-order chi connectivity index (χ0) is 18.2. The Bertz CT molecular complexity index is 793. The molecule has 1 saturated heterocycles. The summed E-state index contributed by atoms with van der Waals surface area (Å²) in [6.45, 7) is 4.16. The highest BCUT2D eigenvalue weighted by atomic mass is 15.3. The molecule has 0 unspecified atom stereocenters. The maximum Gasteiger partial charge on any atom is 0.132 e. The number of aromatic nitrogens is 4. The van der Waals surface area contributed by atoms with E-state index in [0.29, 0.717) is 18.0 Å². The van der Waals surface area contributed by atoms with E-state index in [-0.39, 0.29) is 0 Å². The van der Waals surface area contributed by atoms with Gasteiger partial charge in [0.05, 0.1) is 0 Å². The first-order chi connectivity index (χ1) is 13.3. The SMILES string of the molecule is Cc1cc(N(C2CC2)C2CCN(c3cc(C4CCC4)ncn3)CC2)ncn1. The summed E-state index contributed by atoms with van der Waals surface area (Å²) in [4.78, 5) is 23.0. The van der Waals surface area contributed by atoms with E-state index in [2.05, 4.69) is 41.9 Å². The number of hydrogen-bond acceptors (Lipinski definition) is 6. The van der Waals surface area contributed by atoms with Crippen LogP contribution in [0, 0.1) is 6.92 Å². The Morgan fingerprint density at radius 3 is 2.26 bits per heavy atom. The van der Waals surface area contributed by atoms with Crippen molar-refractivity contribution in [2.45, 2.75) is 69.9 Å². The lowest BCUT2D eigenvalue weighted by Gasteiger charge is -2.40. The minimum atomic E-state index is 0.566. The van der Waals surface area contributed by atoms with Gasteiger partial charge in [0.2, 0.25) is 0 Å². The number of piperidine rings is 1. The van der Waals surface area contributed by atoms with Crippen molar-refractivity contribution in [2.24, 2.45) is 0 Å². The quantitative estimate of drug-likeness (QED) is 0.809. The van der Waals surface area contributed by atoms with E-state index in [0.717, 1.165) is 43.3 Å². The van der Waals surface area contributed by atoms with Gasteiger partial charge in [-0.1, -0.05) is 6.42 Å². The van der Waals surface area contributed by atoms with Crippen molar-refractivity contribution in [3.05, 3.63) is 36.2 Å². The zero-order valence-electron chi connectivity index (χ0n) is 16.1. The number of anilines is 2. The van der Waals surface area contributed by atoms with Gasteiger partial charge in [-0.25, -0.2) is 19.9 Å². The van der Waals surface area contributed by atoms with Gasteiger partial charge in [0.1, 0.15) is 24.3 Å². The third kappa shape index (κ3) is 3.49. The van der Waals surface area contributed by atoms with Crippen LogP contribution in [0.1, 0.15) is 62.3 Å². The van der Waals surface area contributed by atoms with E-state index >= 15 is 0 Å². The molecule has 0 amide bonds. The molecule has 2 aromatic rings. The predicted octanol–water partition coefficient (Wildman–Crippen LogP) is 3.48. The number of nitrogens with zero attached hydrogens (tertiary/aromatic N) is 6. The second kappa shape index (κ2) is 7.06. The highest BCUT2D eigenvalue weighted by molar-refractivity contribution is 5.45. The van der Waals surface area contributed by atoms with Crippen LogP contribution in [-0.4, -0.2) is 45.1 Å². The van der Waals surface area contributed by atoms with E-state index in [1.165, 1.54) is 37.8 Å². The summed E-state index contributed by atoms with van der Waals surface area (Å²) in [5.41, 5.74) is 2.29. The number of rotatable bonds is 5. The molecule has 0 atom stereocenters. The average molecular weight is 364 g/mol. The van der Waals surface area contributed by atoms with Gasteiger partial charge >= 0.3 is 0 Å². The summed E-state index contributed by atoms with van der Waals surface area (Å²) in [7, 11) is 0. The molecular formula is C21H28N6. The molecule has 0 bridgehead atoms. The van der Waals surface area contributed by atoms with Gasteiger partial charge in [-0.3, -0.25) is 0 Å². The van der Waals surface area contributed by atoms with Crippen molar-refractivity contribution in [3.63, 3.8) is 0 Å². The fourth-order valence-electron chi connectivity index (χ4n) is 4.44. The minimum Gasteiger partial charge on any atom is -0.356 e. The largest absolute Gasteiger partial charge is 0.356 e. The Morgan fingerprint density at radius 1 is 0.852 bits per heavy atom. The maximum atomic E-state index is 4.58. The third-order valence-corrected chi connectivity index (χ3v) is 6.37. The molecular weight excluding hydrogens is 336 g/mol. The lowest BCUT2D eigenvalue weighted by molar-refractivity contribution is 0.410. The van der Waals surface area contributed by atoms with Crippen molar-refractivity contribution in [1.82, 2.24) is 19.9 Å². The molecule has 2 saturated carbocycles. The summed E-state index contributed by atoms with van der Waals surface area (Å²) in [5, 5.41) is 0. The van der Waals surface area contributed by atoms with Crippen LogP contribution in [0.4, 0.5) is 11.6 Å². The first-order valence-corrected chi connectivity index (χ1v) is 10.4. The van der Waals surface area contributed by atoms with Gasteiger partial charge in [-0.05, 0) is 45.4 Å². The van der Waals surface area contributed by atoms with Crippen LogP contribution < -0.4 is 9.80 Å². The zero-order valence-corrected chi connectivity index (χ0v) is 16.1. The van der Waals surface area contributed by atoms with E-state index in [1.807, 2.05) is 6.92 Å². The van der Waals surface area contributed by atoms with Crippen molar-refractivity contribution >= 4 is 11.6 Å². The Labute approximate surface area is 161 Å². The van der Waals surface area contributed by atoms with Gasteiger partial charge in [-0.2, -0.15) is 0 Å². The van der Waals surface area contributed by atoms with Gasteiger partial charge in [0, 0.05) is 54.6 Å². The molecule has 1 aliphatic heterocycles. The Kier molecular flexibility index (Phi) is 4.42. The fraction of sp³-hybridized carbons (Fsp3) is 0.619. The van der Waals surface area contributed by atoms with Crippen molar-refractivity contribution < 1.29 is 0 Å². The first kappa shape index (κ1) is 16.9. The molecule has 0 radical (unpaired) electrons. The first-order valence-electron chi connectivity index (χ1n) is 10.4. The molecule has 6 nitrogen and oxygen atoms in total. The molecule has 2 aliphatic carbocycles. The Balaban J connectivity index is 1.28. The lowest BCUT2D eigenvalue weighted by atomic mass is 9.83. The van der Waals surface area contributed by atoms with Crippen molar-refractivity contribution in [3.8, 4) is 0 Å². The second-order valence-corrected chi connectivity index (χ2v) is 8.30. The van der Waals surface area contributed by atoms with Crippen LogP contribution in [0.3, 0.4) is 0 Å². The third-order valence-electron chi connectivity index (χ3n) is 6.37. The summed E-state index contributed by atoms with van der Waals surface area (Å²) >= 11 is 0. The molecule has 142 valence electrons. The van der Waals surface area contributed by atoms with E-state index in [9.17, 15) is 0 Å². The molecule has 0 aromatic carbocycles. The second-order valence-electron chi connectivity index (χ2n) is 8.30. The lowest BCUT2D eigenvalue weighted by Crippen LogP contribution is -2.46. The molecule has 3 heterocycles. The van der Waals surface area contributed by atoms with Crippen LogP contribution in [0.25, 0.3) is 0 Å². The maximum absolute atomic E-state index is 4.58. The molecule has 0 spiro atoms. The molecule has 2 aromatic heterocycles. The average Bonchev–Trinajstić information content (AvgIpc) is 3.47. The Hall–Kier alpha value is -2.24. The van der Waals surface area contributed by atoms with Gasteiger partial charge in [0.15, 0.2) is 0 Å². The highest BCUT2D eigenvalue weighted by Gasteiger charge is 2.36. The number of aryl methyl sites for hydroxylation is 1. The summed E-state index contributed by atoms with van der Waals surface area (Å²) in [6.07, 6.45) is 12.3. The topological polar surface area (TPSA) is 58.0 Å². The monoisotopic (exact) mass is 364 g/mol. The molecule has 3 aliphatic rings. The van der Waals surface area contributed by atoms with E-state index in [4.69, 9.17) is 0 Å². The van der Waals surface area contributed by atoms with E-state index < -0.39 is 0 Å². The van der Waals surface area contributed by atoms with Crippen LogP contribution in [0.15, 0.2) is 24.8 Å². The van der Waals surface area contributed by atoms with Crippen molar-refractivity contribution in [2.75, 3.05) is 22.9 Å². The molecule has 0 N–H and O–H groups in total. The Morgan fingerprint density at radius 2 is 1.59 bits per heavy atom. The molecule has 3 fully saturated rings. The van der Waals surface area contributed by atoms with Crippen molar-refractivity contribution in [1.29, 1.82) is 0 Å². The normalized spacial score (nSPS) is 21.1. The van der Waals surface area contributed by atoms with Crippen LogP contribution in [0.5, 0.6) is 0 Å².